The third-order valence-corrected chi connectivity index (χ3v) is 2.01. The Labute approximate surface area is 83.8 Å². The highest BCUT2D eigenvalue weighted by atomic mass is 32.2. The van der Waals surface area contributed by atoms with Gasteiger partial charge in [0, 0.05) is 11.6 Å². The maximum absolute atomic E-state index is 10.7. The van der Waals surface area contributed by atoms with Gasteiger partial charge in [0.05, 0.1) is 0 Å². The highest BCUT2D eigenvalue weighted by molar-refractivity contribution is 7.84. The van der Waals surface area contributed by atoms with Gasteiger partial charge in [-0.3, -0.25) is 9.87 Å². The average Bonchev–Trinajstić information content (AvgIpc) is 2.34. The van der Waals surface area contributed by atoms with Crippen molar-refractivity contribution in [2.45, 2.75) is 0 Å². The van der Waals surface area contributed by atoms with Crippen molar-refractivity contribution >= 4 is 32.8 Å². The van der Waals surface area contributed by atoms with E-state index < -0.39 is 16.3 Å². The lowest BCUT2D eigenvalue weighted by Crippen LogP contribution is -2.33. The summed E-state index contributed by atoms with van der Waals surface area (Å²) < 4.78 is 29.8. The molecule has 0 atom stereocenters. The Morgan fingerprint density at radius 1 is 1.57 bits per heavy atom. The summed E-state index contributed by atoms with van der Waals surface area (Å²) in [5, 5.41) is 3.93. The van der Waals surface area contributed by atoms with Gasteiger partial charge in [-0.1, -0.05) is 0 Å². The Morgan fingerprint density at radius 3 is 2.64 bits per heavy atom. The number of hydrogen-bond acceptors (Lipinski definition) is 6. The third kappa shape index (κ3) is 4.71. The third-order valence-electron chi connectivity index (χ3n) is 0.874. The monoisotopic (exact) mass is 240 g/mol. The molecule has 0 aliphatic rings. The minimum atomic E-state index is -4.51. The molecule has 0 saturated heterocycles. The zero-order valence-corrected chi connectivity index (χ0v) is 8.43. The smallest absolute Gasteiger partial charge is 0.344 e. The SMILES string of the molecule is N.O=C(Nc1nccs1)NS(=O)(=O)O. The maximum Gasteiger partial charge on any atom is 0.361 e. The van der Waals surface area contributed by atoms with Crippen molar-refractivity contribution in [3.8, 4) is 0 Å². The zero-order chi connectivity index (χ0) is 9.90. The summed E-state index contributed by atoms with van der Waals surface area (Å²) in [6, 6.07) is -1.06. The van der Waals surface area contributed by atoms with Gasteiger partial charge in [-0.25, -0.2) is 14.5 Å². The molecule has 0 aliphatic carbocycles. The van der Waals surface area contributed by atoms with Crippen molar-refractivity contribution in [1.82, 2.24) is 15.9 Å². The van der Waals surface area contributed by atoms with E-state index in [9.17, 15) is 13.2 Å². The second kappa shape index (κ2) is 4.85. The van der Waals surface area contributed by atoms with E-state index in [0.29, 0.717) is 0 Å². The fraction of sp³-hybridized carbons (Fsp3) is 0. The predicted molar refractivity (Wildman–Crippen MR) is 50.8 cm³/mol. The number of carbonyl (C=O) groups excluding carboxylic acids is 1. The largest absolute Gasteiger partial charge is 0.361 e. The molecule has 14 heavy (non-hydrogen) atoms. The van der Waals surface area contributed by atoms with Gasteiger partial charge >= 0.3 is 16.3 Å². The zero-order valence-electron chi connectivity index (χ0n) is 6.80. The molecule has 10 heteroatoms. The van der Waals surface area contributed by atoms with Crippen LogP contribution in [0.3, 0.4) is 0 Å². The second-order valence-corrected chi connectivity index (χ2v) is 3.92. The number of aromatic nitrogens is 1. The molecule has 1 aromatic heterocycles. The van der Waals surface area contributed by atoms with Crippen LogP contribution in [0.1, 0.15) is 0 Å². The van der Waals surface area contributed by atoms with Crippen LogP contribution >= 0.6 is 11.3 Å². The van der Waals surface area contributed by atoms with Gasteiger partial charge in [0.15, 0.2) is 5.13 Å². The van der Waals surface area contributed by atoms with Crippen LogP contribution in [0.5, 0.6) is 0 Å². The van der Waals surface area contributed by atoms with Crippen molar-refractivity contribution in [2.75, 3.05) is 5.32 Å². The van der Waals surface area contributed by atoms with E-state index in [0.717, 1.165) is 11.3 Å². The van der Waals surface area contributed by atoms with Gasteiger partial charge in [0.2, 0.25) is 0 Å². The highest BCUT2D eigenvalue weighted by Crippen LogP contribution is 2.09. The number of urea groups is 1. The molecule has 0 bridgehead atoms. The molecule has 0 radical (unpaired) electrons. The number of nitrogens with zero attached hydrogens (tertiary/aromatic N) is 1. The molecule has 0 saturated carbocycles. The average molecular weight is 240 g/mol. The Balaban J connectivity index is 0.00000169. The van der Waals surface area contributed by atoms with Gasteiger partial charge in [0.25, 0.3) is 0 Å². The maximum atomic E-state index is 10.7. The first-order chi connectivity index (χ1) is 5.97. The molecule has 0 spiro atoms. The van der Waals surface area contributed by atoms with Crippen LogP contribution in [-0.4, -0.2) is 24.0 Å². The van der Waals surface area contributed by atoms with E-state index in [2.05, 4.69) is 10.3 Å². The van der Waals surface area contributed by atoms with Crippen LogP contribution in [0.2, 0.25) is 0 Å². The number of nitrogens with one attached hydrogen (secondary N) is 2. The summed E-state index contributed by atoms with van der Waals surface area (Å²) in [6.07, 6.45) is 1.44. The van der Waals surface area contributed by atoms with Gasteiger partial charge in [-0.2, -0.15) is 8.42 Å². The van der Waals surface area contributed by atoms with Crippen LogP contribution in [0.15, 0.2) is 11.6 Å². The summed E-state index contributed by atoms with van der Waals surface area (Å²) in [5.41, 5.74) is 0. The second-order valence-electron chi connectivity index (χ2n) is 1.87. The summed E-state index contributed by atoms with van der Waals surface area (Å²) in [5.74, 6) is 0. The Bertz CT molecular complexity index is 385. The van der Waals surface area contributed by atoms with Gasteiger partial charge in [-0.15, -0.1) is 11.3 Å². The molecule has 6 N–H and O–H groups in total. The molecule has 80 valence electrons. The van der Waals surface area contributed by atoms with Crippen LogP contribution in [0.25, 0.3) is 0 Å². The number of amides is 2. The van der Waals surface area contributed by atoms with E-state index in [-0.39, 0.29) is 11.3 Å². The number of anilines is 1. The molecule has 1 heterocycles. The van der Waals surface area contributed by atoms with Gasteiger partial charge in [0.1, 0.15) is 0 Å². The summed E-state index contributed by atoms with van der Waals surface area (Å²) in [4.78, 5) is 14.4. The van der Waals surface area contributed by atoms with Gasteiger partial charge in [-0.05, 0) is 0 Å². The topological polar surface area (TPSA) is 143 Å². The van der Waals surface area contributed by atoms with Crippen molar-refractivity contribution in [2.24, 2.45) is 0 Å². The van der Waals surface area contributed by atoms with Crippen LogP contribution in [-0.2, 0) is 10.3 Å². The van der Waals surface area contributed by atoms with Crippen molar-refractivity contribution in [3.63, 3.8) is 0 Å². The Kier molecular flexibility index (Phi) is 4.43. The Morgan fingerprint density at radius 2 is 2.21 bits per heavy atom. The lowest BCUT2D eigenvalue weighted by atomic mass is 10.9. The van der Waals surface area contributed by atoms with Crippen LogP contribution in [0, 0.1) is 0 Å². The van der Waals surface area contributed by atoms with Crippen LogP contribution < -0.4 is 16.2 Å². The minimum absolute atomic E-state index is 0. The van der Waals surface area contributed by atoms with E-state index in [1.54, 1.807) is 5.38 Å². The number of rotatable bonds is 2. The van der Waals surface area contributed by atoms with Gasteiger partial charge < -0.3 is 6.15 Å². The molecule has 0 fully saturated rings. The summed E-state index contributed by atoms with van der Waals surface area (Å²) >= 11 is 1.12. The standard InChI is InChI=1S/C4H5N3O4S2.H3N/c8-3(7-13(9,10)11)6-4-5-1-2-12-4;/h1-2H,(H,9,10,11)(H2,5,6,7,8);1H3. The number of hydrogen-bond donors (Lipinski definition) is 4. The summed E-state index contributed by atoms with van der Waals surface area (Å²) in [7, 11) is -4.51. The predicted octanol–water partition coefficient (Wildman–Crippen LogP) is 0.229. The summed E-state index contributed by atoms with van der Waals surface area (Å²) in [6.45, 7) is 0. The van der Waals surface area contributed by atoms with Crippen molar-refractivity contribution in [1.29, 1.82) is 0 Å². The lowest BCUT2D eigenvalue weighted by Gasteiger charge is -2.00. The van der Waals surface area contributed by atoms with Crippen molar-refractivity contribution < 1.29 is 17.8 Å². The van der Waals surface area contributed by atoms with E-state index in [4.69, 9.17) is 4.55 Å². The Hall–Kier alpha value is -1.23. The molecule has 0 unspecified atom stereocenters. The molecule has 0 aromatic carbocycles. The first-order valence-corrected chi connectivity index (χ1v) is 5.25. The molecule has 8 nitrogen and oxygen atoms in total. The fourth-order valence-corrected chi connectivity index (χ4v) is 1.33. The first kappa shape index (κ1) is 12.8. The van der Waals surface area contributed by atoms with E-state index in [1.807, 2.05) is 0 Å². The van der Waals surface area contributed by atoms with Crippen LogP contribution in [0.4, 0.5) is 9.93 Å². The molecule has 1 rings (SSSR count). The minimum Gasteiger partial charge on any atom is -0.344 e. The quantitative estimate of drug-likeness (QED) is 0.545. The fourth-order valence-electron chi connectivity index (χ4n) is 0.525. The normalized spacial score (nSPS) is 10.1. The van der Waals surface area contributed by atoms with E-state index in [1.165, 1.54) is 10.9 Å². The highest BCUT2D eigenvalue weighted by Gasteiger charge is 2.10. The lowest BCUT2D eigenvalue weighted by molar-refractivity contribution is 0.255. The molecular weight excluding hydrogens is 232 g/mol. The molecular formula is C4H8N4O4S2. The van der Waals surface area contributed by atoms with E-state index >= 15 is 0 Å². The number of carbonyl (C=O) groups is 1. The molecule has 2 amide bonds. The first-order valence-electron chi connectivity index (χ1n) is 2.93. The molecule has 1 aromatic rings. The van der Waals surface area contributed by atoms with Crippen molar-refractivity contribution in [3.05, 3.63) is 11.6 Å². The number of thiazole rings is 1. The molecule has 0 aliphatic heterocycles.